The van der Waals surface area contributed by atoms with Crippen LogP contribution in [0.2, 0.25) is 0 Å². The minimum absolute atomic E-state index is 0.0253. The van der Waals surface area contributed by atoms with Crippen LogP contribution in [0.3, 0.4) is 0 Å². The maximum atomic E-state index is 12.4. The molecule has 0 unspecified atom stereocenters. The molecule has 9 heteroatoms. The van der Waals surface area contributed by atoms with Crippen LogP contribution >= 0.6 is 15.9 Å². The van der Waals surface area contributed by atoms with Crippen molar-refractivity contribution in [1.29, 1.82) is 0 Å². The normalized spacial score (nSPS) is 11.2. The summed E-state index contributed by atoms with van der Waals surface area (Å²) in [5.41, 5.74) is -0.289. The van der Waals surface area contributed by atoms with Gasteiger partial charge in [-0.3, -0.25) is 4.79 Å². The molecule has 0 saturated carbocycles. The van der Waals surface area contributed by atoms with Crippen LogP contribution in [0.5, 0.6) is 5.75 Å². The maximum absolute atomic E-state index is 12.4. The fourth-order valence-corrected chi connectivity index (χ4v) is 2.18. The zero-order valence-electron chi connectivity index (χ0n) is 14.4. The quantitative estimate of drug-likeness (QED) is 0.761. The van der Waals surface area contributed by atoms with Gasteiger partial charge in [0, 0.05) is 23.6 Å². The van der Waals surface area contributed by atoms with Gasteiger partial charge in [-0.2, -0.15) is 8.78 Å². The third kappa shape index (κ3) is 8.15. The van der Waals surface area contributed by atoms with E-state index < -0.39 is 24.2 Å². The lowest BCUT2D eigenvalue weighted by Crippen LogP contribution is -2.40. The molecular weight excluding hydrogens is 402 g/mol. The standard InChI is InChI=1S/C16H21BrF2N2O4/c1-16(2,3)25-15(23)21(4)9-13(22)20-8-10-7-11(17)5-6-12(10)24-14(18)19/h5-7,14H,8-9H2,1-4H3,(H,20,22). The highest BCUT2D eigenvalue weighted by Gasteiger charge is 2.21. The average Bonchev–Trinajstić information content (AvgIpc) is 2.45. The fourth-order valence-electron chi connectivity index (χ4n) is 1.77. The number of carbonyl (C=O) groups excluding carboxylic acids is 2. The second kappa shape index (κ2) is 8.98. The third-order valence-corrected chi connectivity index (χ3v) is 3.29. The number of alkyl halides is 2. The summed E-state index contributed by atoms with van der Waals surface area (Å²) in [5, 5.41) is 2.55. The molecule has 1 aromatic carbocycles. The van der Waals surface area contributed by atoms with E-state index in [9.17, 15) is 18.4 Å². The number of carbonyl (C=O) groups is 2. The van der Waals surface area contributed by atoms with Gasteiger partial charge in [0.1, 0.15) is 17.9 Å². The van der Waals surface area contributed by atoms with Crippen molar-refractivity contribution in [2.75, 3.05) is 13.6 Å². The number of nitrogens with one attached hydrogen (secondary N) is 1. The van der Waals surface area contributed by atoms with Gasteiger partial charge in [0.25, 0.3) is 0 Å². The Morgan fingerprint density at radius 3 is 2.52 bits per heavy atom. The largest absolute Gasteiger partial charge is 0.444 e. The summed E-state index contributed by atoms with van der Waals surface area (Å²) in [5.74, 6) is -0.490. The highest BCUT2D eigenvalue weighted by molar-refractivity contribution is 9.10. The summed E-state index contributed by atoms with van der Waals surface area (Å²) in [6.45, 7) is 1.94. The Balaban J connectivity index is 2.62. The van der Waals surface area contributed by atoms with Gasteiger partial charge in [0.15, 0.2) is 0 Å². The number of rotatable bonds is 6. The van der Waals surface area contributed by atoms with Crippen LogP contribution in [0.25, 0.3) is 0 Å². The van der Waals surface area contributed by atoms with Crippen molar-refractivity contribution in [3.8, 4) is 5.75 Å². The van der Waals surface area contributed by atoms with Crippen molar-refractivity contribution >= 4 is 27.9 Å². The predicted octanol–water partition coefficient (Wildman–Crippen LogP) is 3.53. The van der Waals surface area contributed by atoms with E-state index in [0.717, 1.165) is 4.90 Å². The maximum Gasteiger partial charge on any atom is 0.410 e. The molecule has 0 bridgehead atoms. The Morgan fingerprint density at radius 1 is 1.32 bits per heavy atom. The second-order valence-electron chi connectivity index (χ2n) is 6.24. The molecule has 1 rings (SSSR count). The van der Waals surface area contributed by atoms with Gasteiger partial charge >= 0.3 is 12.7 Å². The van der Waals surface area contributed by atoms with Crippen molar-refractivity contribution in [3.05, 3.63) is 28.2 Å². The summed E-state index contributed by atoms with van der Waals surface area (Å²) in [7, 11) is 1.43. The van der Waals surface area contributed by atoms with Crippen LogP contribution in [0, 0.1) is 0 Å². The first-order chi connectivity index (χ1) is 11.5. The molecule has 0 aliphatic carbocycles. The van der Waals surface area contributed by atoms with Crippen molar-refractivity contribution in [3.63, 3.8) is 0 Å². The molecule has 2 amide bonds. The molecule has 140 valence electrons. The van der Waals surface area contributed by atoms with E-state index in [-0.39, 0.29) is 18.8 Å². The minimum Gasteiger partial charge on any atom is -0.444 e. The van der Waals surface area contributed by atoms with E-state index in [2.05, 4.69) is 26.0 Å². The number of likely N-dealkylation sites (N-methyl/N-ethyl adjacent to an activating group) is 1. The Kier molecular flexibility index (Phi) is 7.60. The van der Waals surface area contributed by atoms with Gasteiger partial charge in [0.05, 0.1) is 0 Å². The predicted molar refractivity (Wildman–Crippen MR) is 91.5 cm³/mol. The van der Waals surface area contributed by atoms with Crippen molar-refractivity contribution in [2.24, 2.45) is 0 Å². The lowest BCUT2D eigenvalue weighted by atomic mass is 10.2. The van der Waals surface area contributed by atoms with Crippen LogP contribution in [-0.4, -0.2) is 42.7 Å². The molecule has 1 aromatic rings. The summed E-state index contributed by atoms with van der Waals surface area (Å²) in [4.78, 5) is 24.9. The Morgan fingerprint density at radius 2 is 1.96 bits per heavy atom. The number of ether oxygens (including phenoxy) is 2. The first-order valence-electron chi connectivity index (χ1n) is 7.42. The zero-order chi connectivity index (χ0) is 19.2. The molecule has 1 N–H and O–H groups in total. The first-order valence-corrected chi connectivity index (χ1v) is 8.21. The molecule has 0 atom stereocenters. The van der Waals surface area contributed by atoms with Gasteiger partial charge in [-0.25, -0.2) is 4.79 Å². The van der Waals surface area contributed by atoms with E-state index in [1.54, 1.807) is 32.9 Å². The van der Waals surface area contributed by atoms with Gasteiger partial charge in [0.2, 0.25) is 5.91 Å². The highest BCUT2D eigenvalue weighted by Crippen LogP contribution is 2.24. The first kappa shape index (κ1) is 21.1. The van der Waals surface area contributed by atoms with Crippen LogP contribution in [0.4, 0.5) is 13.6 Å². The molecule has 0 aromatic heterocycles. The topological polar surface area (TPSA) is 67.9 Å². The molecule has 0 spiro atoms. The van der Waals surface area contributed by atoms with Crippen molar-refractivity contribution in [1.82, 2.24) is 10.2 Å². The number of hydrogen-bond acceptors (Lipinski definition) is 4. The fraction of sp³-hybridized carbons (Fsp3) is 0.500. The number of amides is 2. The lowest BCUT2D eigenvalue weighted by Gasteiger charge is -2.24. The number of nitrogens with zero attached hydrogens (tertiary/aromatic N) is 1. The summed E-state index contributed by atoms with van der Waals surface area (Å²) in [6.07, 6.45) is -0.633. The summed E-state index contributed by atoms with van der Waals surface area (Å²) >= 11 is 3.23. The Bertz CT molecular complexity index is 621. The number of hydrogen-bond donors (Lipinski definition) is 1. The minimum atomic E-state index is -2.96. The van der Waals surface area contributed by atoms with E-state index in [4.69, 9.17) is 4.74 Å². The Labute approximate surface area is 153 Å². The zero-order valence-corrected chi connectivity index (χ0v) is 16.0. The average molecular weight is 423 g/mol. The van der Waals surface area contributed by atoms with Crippen LogP contribution in [-0.2, 0) is 16.1 Å². The van der Waals surface area contributed by atoms with Gasteiger partial charge in [-0.1, -0.05) is 15.9 Å². The monoisotopic (exact) mass is 422 g/mol. The summed E-state index contributed by atoms with van der Waals surface area (Å²) < 4.78 is 35.0. The van der Waals surface area contributed by atoms with E-state index in [1.165, 1.54) is 13.1 Å². The summed E-state index contributed by atoms with van der Waals surface area (Å²) in [6, 6.07) is 4.50. The third-order valence-electron chi connectivity index (χ3n) is 2.80. The molecule has 0 fully saturated rings. The Hall–Kier alpha value is -1.90. The van der Waals surface area contributed by atoms with E-state index in [0.29, 0.717) is 10.0 Å². The SMILES string of the molecule is CN(CC(=O)NCc1cc(Br)ccc1OC(F)F)C(=O)OC(C)(C)C. The molecular formula is C16H21BrF2N2O4. The van der Waals surface area contributed by atoms with E-state index in [1.807, 2.05) is 0 Å². The van der Waals surface area contributed by atoms with Gasteiger partial charge in [-0.15, -0.1) is 0 Å². The van der Waals surface area contributed by atoms with Crippen LogP contribution in [0.15, 0.2) is 22.7 Å². The van der Waals surface area contributed by atoms with Crippen LogP contribution < -0.4 is 10.1 Å². The molecule has 0 saturated heterocycles. The molecule has 0 radical (unpaired) electrons. The molecule has 0 aliphatic heterocycles. The van der Waals surface area contributed by atoms with Gasteiger partial charge in [-0.05, 0) is 39.0 Å². The van der Waals surface area contributed by atoms with Crippen molar-refractivity contribution < 1.29 is 27.8 Å². The van der Waals surface area contributed by atoms with Gasteiger partial charge < -0.3 is 19.7 Å². The van der Waals surface area contributed by atoms with Crippen molar-refractivity contribution in [2.45, 2.75) is 39.5 Å². The molecule has 25 heavy (non-hydrogen) atoms. The molecule has 0 heterocycles. The second-order valence-corrected chi connectivity index (χ2v) is 7.16. The van der Waals surface area contributed by atoms with Crippen LogP contribution in [0.1, 0.15) is 26.3 Å². The highest BCUT2D eigenvalue weighted by atomic mass is 79.9. The lowest BCUT2D eigenvalue weighted by molar-refractivity contribution is -0.122. The van der Waals surface area contributed by atoms with E-state index >= 15 is 0 Å². The smallest absolute Gasteiger partial charge is 0.410 e. The molecule has 0 aliphatic rings. The number of benzene rings is 1. The molecule has 6 nitrogen and oxygen atoms in total. The number of halogens is 3.